The van der Waals surface area contributed by atoms with E-state index in [-0.39, 0.29) is 43.0 Å². The molecule has 8 nitrogen and oxygen atoms in total. The molecule has 3 atom stereocenters. The van der Waals surface area contributed by atoms with E-state index in [9.17, 15) is 19.5 Å². The summed E-state index contributed by atoms with van der Waals surface area (Å²) in [5, 5.41) is 13.1. The summed E-state index contributed by atoms with van der Waals surface area (Å²) in [6.07, 6.45) is 7.02. The summed E-state index contributed by atoms with van der Waals surface area (Å²) in [5.41, 5.74) is 0.897. The molecule has 0 spiro atoms. The normalized spacial score (nSPS) is 20.4. The third-order valence-electron chi connectivity index (χ3n) is 7.31. The number of nitrogens with one attached hydrogen (secondary N) is 1. The molecule has 200 valence electrons. The lowest BCUT2D eigenvalue weighted by Gasteiger charge is -2.38. The van der Waals surface area contributed by atoms with E-state index in [1.165, 1.54) is 31.1 Å². The lowest BCUT2D eigenvalue weighted by atomic mass is 9.84. The van der Waals surface area contributed by atoms with Crippen molar-refractivity contribution in [3.63, 3.8) is 0 Å². The fraction of sp³-hybridized carbons (Fsp3) is 0.667. The van der Waals surface area contributed by atoms with Gasteiger partial charge < -0.3 is 25.0 Å². The third kappa shape index (κ3) is 8.66. The number of ether oxygens (including phenoxy) is 1. The highest BCUT2D eigenvalue weighted by Crippen LogP contribution is 2.34. The van der Waals surface area contributed by atoms with Gasteiger partial charge in [-0.15, -0.1) is 0 Å². The number of nitrogens with zero attached hydrogens (tertiary/aromatic N) is 2. The number of carbonyl (C=O) groups is 3. The number of ketones is 1. The Labute approximate surface area is 219 Å². The molecule has 1 saturated heterocycles. The van der Waals surface area contributed by atoms with Gasteiger partial charge in [-0.2, -0.15) is 0 Å². The minimum Gasteiger partial charge on any atom is -0.465 e. The molecule has 2 fully saturated rings. The summed E-state index contributed by atoms with van der Waals surface area (Å²) in [4.78, 5) is 39.5. The van der Waals surface area contributed by atoms with Crippen molar-refractivity contribution in [2.24, 2.45) is 11.8 Å². The molecule has 9 heteroatoms. The fourth-order valence-corrected chi connectivity index (χ4v) is 5.71. The number of hydrogen-bond donors (Lipinski definition) is 2. The molecule has 0 aromatic heterocycles. The van der Waals surface area contributed by atoms with Crippen LogP contribution in [0.4, 0.5) is 9.59 Å². The van der Waals surface area contributed by atoms with Crippen LogP contribution in [0.15, 0.2) is 24.3 Å². The molecule has 1 aliphatic carbocycles. The highest BCUT2D eigenvalue weighted by Gasteiger charge is 2.33. The van der Waals surface area contributed by atoms with Crippen LogP contribution < -0.4 is 5.32 Å². The Hall–Kier alpha value is -2.32. The molecule has 1 aromatic rings. The van der Waals surface area contributed by atoms with Crippen LogP contribution in [0, 0.1) is 11.8 Å². The van der Waals surface area contributed by atoms with Crippen molar-refractivity contribution in [1.82, 2.24) is 15.1 Å². The zero-order valence-electron chi connectivity index (χ0n) is 21.5. The highest BCUT2D eigenvalue weighted by molar-refractivity contribution is 6.30. The van der Waals surface area contributed by atoms with Gasteiger partial charge in [0.2, 0.25) is 0 Å². The van der Waals surface area contributed by atoms with Gasteiger partial charge in [0.15, 0.2) is 5.78 Å². The highest BCUT2D eigenvalue weighted by atomic mass is 35.5. The second-order valence-corrected chi connectivity index (χ2v) is 10.8. The third-order valence-corrected chi connectivity index (χ3v) is 7.54. The van der Waals surface area contributed by atoms with Crippen molar-refractivity contribution in [3.8, 4) is 0 Å². The van der Waals surface area contributed by atoms with E-state index in [0.29, 0.717) is 24.0 Å². The fourth-order valence-electron chi connectivity index (χ4n) is 5.52. The maximum Gasteiger partial charge on any atom is 0.407 e. The first-order chi connectivity index (χ1) is 17.2. The summed E-state index contributed by atoms with van der Waals surface area (Å²) < 4.78 is 6.03. The summed E-state index contributed by atoms with van der Waals surface area (Å²) in [5.74, 6) is 0.467. The van der Waals surface area contributed by atoms with E-state index >= 15 is 0 Å². The van der Waals surface area contributed by atoms with Crippen LogP contribution in [0.1, 0.15) is 70.0 Å². The first-order valence-corrected chi connectivity index (χ1v) is 13.5. The lowest BCUT2D eigenvalue weighted by molar-refractivity contribution is -0.125. The van der Waals surface area contributed by atoms with Crippen molar-refractivity contribution in [1.29, 1.82) is 0 Å². The number of carboxylic acid groups (broad SMARTS) is 1. The minimum absolute atomic E-state index is 0.00482. The van der Waals surface area contributed by atoms with E-state index in [4.69, 9.17) is 16.3 Å². The second kappa shape index (κ2) is 13.8. The molecule has 2 aliphatic rings. The number of carbonyl (C=O) groups excluding carboxylic acids is 2. The number of urea groups is 1. The van der Waals surface area contributed by atoms with E-state index in [2.05, 4.69) is 5.32 Å². The number of hydrogen-bond acceptors (Lipinski definition) is 4. The maximum atomic E-state index is 13.4. The smallest absolute Gasteiger partial charge is 0.407 e. The van der Waals surface area contributed by atoms with Gasteiger partial charge in [-0.1, -0.05) is 55.8 Å². The van der Waals surface area contributed by atoms with E-state index in [1.807, 2.05) is 18.2 Å². The van der Waals surface area contributed by atoms with Gasteiger partial charge in [0.25, 0.3) is 0 Å². The average molecular weight is 522 g/mol. The number of likely N-dealkylation sites (tertiary alicyclic amines) is 1. The second-order valence-electron chi connectivity index (χ2n) is 10.4. The number of amides is 3. The van der Waals surface area contributed by atoms with Crippen molar-refractivity contribution in [2.75, 3.05) is 33.3 Å². The summed E-state index contributed by atoms with van der Waals surface area (Å²) >= 11 is 6.23. The van der Waals surface area contributed by atoms with Gasteiger partial charge in [0.1, 0.15) is 6.61 Å². The molecule has 1 aliphatic heterocycles. The van der Waals surface area contributed by atoms with Crippen LogP contribution >= 0.6 is 11.6 Å². The summed E-state index contributed by atoms with van der Waals surface area (Å²) in [6, 6.07) is 7.05. The van der Waals surface area contributed by atoms with E-state index in [0.717, 1.165) is 37.7 Å². The summed E-state index contributed by atoms with van der Waals surface area (Å²) in [7, 11) is 1.54. The van der Waals surface area contributed by atoms with Gasteiger partial charge in [0.05, 0.1) is 6.10 Å². The van der Waals surface area contributed by atoms with E-state index < -0.39 is 6.09 Å². The number of piperidine rings is 1. The van der Waals surface area contributed by atoms with Crippen molar-refractivity contribution < 1.29 is 24.2 Å². The summed E-state index contributed by atoms with van der Waals surface area (Å²) in [6.45, 7) is 2.89. The Morgan fingerprint density at radius 3 is 2.61 bits per heavy atom. The molecule has 0 bridgehead atoms. The number of rotatable bonds is 10. The van der Waals surface area contributed by atoms with E-state index in [1.54, 1.807) is 18.0 Å². The number of halogens is 1. The van der Waals surface area contributed by atoms with Crippen LogP contribution in [0.2, 0.25) is 5.02 Å². The average Bonchev–Trinajstić information content (AvgIpc) is 2.84. The molecule has 36 heavy (non-hydrogen) atoms. The molecule has 0 radical (unpaired) electrons. The molecule has 1 aromatic carbocycles. The van der Waals surface area contributed by atoms with Crippen LogP contribution in [0.5, 0.6) is 0 Å². The molecule has 3 amide bonds. The first kappa shape index (κ1) is 28.3. The quantitative estimate of drug-likeness (QED) is 0.432. The van der Waals surface area contributed by atoms with Gasteiger partial charge in [-0.05, 0) is 49.8 Å². The van der Waals surface area contributed by atoms with Gasteiger partial charge in [0, 0.05) is 43.7 Å². The minimum atomic E-state index is -0.997. The monoisotopic (exact) mass is 521 g/mol. The lowest BCUT2D eigenvalue weighted by Crippen LogP contribution is -2.52. The largest absolute Gasteiger partial charge is 0.465 e. The van der Waals surface area contributed by atoms with Gasteiger partial charge >= 0.3 is 12.1 Å². The SMILES string of the molecule is CC(=O)COC(c1cccc(Cl)c1)[C@@H]1CCCN(C(=O)N[C@H](CC2CCCCC2)CN(C)C(=O)O)C1. The topological polar surface area (TPSA) is 99.2 Å². The number of Topliss-reactive ketones (excluding diaryl/α,β-unsaturated/α-hetero) is 1. The predicted molar refractivity (Wildman–Crippen MR) is 139 cm³/mol. The Balaban J connectivity index is 1.68. The van der Waals surface area contributed by atoms with Crippen LogP contribution in [-0.2, 0) is 9.53 Å². The van der Waals surface area contributed by atoms with Crippen LogP contribution in [-0.4, -0.2) is 72.1 Å². The number of likely N-dealkylation sites (N-methyl/N-ethyl adjacent to an activating group) is 1. The zero-order chi connectivity index (χ0) is 26.1. The van der Waals surface area contributed by atoms with Gasteiger partial charge in [-0.25, -0.2) is 9.59 Å². The first-order valence-electron chi connectivity index (χ1n) is 13.1. The molecular weight excluding hydrogens is 482 g/mol. The van der Waals surface area contributed by atoms with Crippen molar-refractivity contribution in [3.05, 3.63) is 34.9 Å². The van der Waals surface area contributed by atoms with Crippen molar-refractivity contribution >= 4 is 29.5 Å². The predicted octanol–water partition coefficient (Wildman–Crippen LogP) is 5.36. The molecule has 3 rings (SSSR count). The van der Waals surface area contributed by atoms with Gasteiger partial charge in [-0.3, -0.25) is 4.79 Å². The Morgan fingerprint density at radius 2 is 1.94 bits per heavy atom. The van der Waals surface area contributed by atoms with Crippen LogP contribution in [0.3, 0.4) is 0 Å². The molecule has 1 unspecified atom stereocenters. The Morgan fingerprint density at radius 1 is 1.19 bits per heavy atom. The maximum absolute atomic E-state index is 13.4. The van der Waals surface area contributed by atoms with Crippen LogP contribution in [0.25, 0.3) is 0 Å². The molecule has 2 N–H and O–H groups in total. The molecular formula is C27H40ClN3O5. The number of benzene rings is 1. The standard InChI is InChI=1S/C27H40ClN3O5/c1-19(32)18-36-25(21-10-6-12-23(28)15-21)22-11-7-13-31(16-22)26(33)29-24(17-30(2)27(34)35)14-20-8-4-3-5-9-20/h6,10,12,15,20,22,24-25H,3-5,7-9,11,13-14,16-18H2,1-2H3,(H,29,33)(H,34,35)/t22-,24-,25?/m1/s1. The Bertz CT molecular complexity index is 892. The zero-order valence-corrected chi connectivity index (χ0v) is 22.2. The Kier molecular flexibility index (Phi) is 10.9. The molecule has 1 heterocycles. The van der Waals surface area contributed by atoms with Crippen molar-refractivity contribution in [2.45, 2.75) is 70.4 Å². The molecule has 1 saturated carbocycles.